The molecule has 0 amide bonds. The highest BCUT2D eigenvalue weighted by molar-refractivity contribution is 7.73. The van der Waals surface area contributed by atoms with Crippen LogP contribution in [-0.2, 0) is 12.1 Å². The van der Waals surface area contributed by atoms with Gasteiger partial charge < -0.3 is 0 Å². The topological polar surface area (TPSA) is 0 Å². The molecule has 3 rings (SSSR count). The first-order valence-electron chi connectivity index (χ1n) is 7.03. The van der Waals surface area contributed by atoms with Crippen LogP contribution < -0.4 is 0 Å². The maximum Gasteiger partial charge on any atom is 0.379 e. The van der Waals surface area contributed by atoms with Gasteiger partial charge in [0.25, 0.3) is 0 Å². The summed E-state index contributed by atoms with van der Waals surface area (Å²) in [6.45, 7) is -3.67. The standard InChI is InChI=1S/C12H10.C6H5FS.CHF3/c1-3-7-11(8-4-1)12-9-5-2-6-10-12;7-8-6-4-2-1-3-5-6;2-1(3)4/h1-10H;1-5H;1H/p+1. The number of alkyl halides is 3. The van der Waals surface area contributed by atoms with E-state index in [2.05, 4.69) is 48.5 Å². The Hall–Kier alpha value is -2.27. The minimum atomic E-state index is -3.67. The minimum absolute atomic E-state index is 0.151. The van der Waals surface area contributed by atoms with Gasteiger partial charge in [0.1, 0.15) is 0 Å². The summed E-state index contributed by atoms with van der Waals surface area (Å²) in [5.41, 5.74) is 2.55. The molecule has 0 fully saturated rings. The molecule has 0 radical (unpaired) electrons. The monoisotopic (exact) mass is 353 g/mol. The summed E-state index contributed by atoms with van der Waals surface area (Å²) in [5.74, 6) is 0. The molecule has 3 aromatic carbocycles. The van der Waals surface area contributed by atoms with Crippen molar-refractivity contribution < 1.29 is 17.1 Å². The number of rotatable bonds is 2. The van der Waals surface area contributed by atoms with Gasteiger partial charge in [-0.3, -0.25) is 0 Å². The van der Waals surface area contributed by atoms with Crippen LogP contribution in [0.25, 0.3) is 11.1 Å². The van der Waals surface area contributed by atoms with Crippen molar-refractivity contribution in [2.75, 3.05) is 0 Å². The van der Waals surface area contributed by atoms with Gasteiger partial charge in [0.05, 0.1) is 0 Å². The van der Waals surface area contributed by atoms with Crippen molar-refractivity contribution in [1.82, 2.24) is 0 Å². The fraction of sp³-hybridized carbons (Fsp3) is 0.0526. The Morgan fingerprint density at radius 3 is 1.08 bits per heavy atom. The fourth-order valence-electron chi connectivity index (χ4n) is 1.75. The van der Waals surface area contributed by atoms with Gasteiger partial charge in [0, 0.05) is 3.89 Å². The van der Waals surface area contributed by atoms with E-state index in [1.54, 1.807) is 12.1 Å². The van der Waals surface area contributed by atoms with Crippen molar-refractivity contribution in [1.29, 1.82) is 0 Å². The van der Waals surface area contributed by atoms with E-state index in [-0.39, 0.29) is 12.1 Å². The molecule has 0 bridgehead atoms. The zero-order valence-corrected chi connectivity index (χ0v) is 13.6. The molecule has 0 aliphatic heterocycles. The summed E-state index contributed by atoms with van der Waals surface area (Å²) in [4.78, 5) is 0.715. The molecular formula is C19H17F4S+. The molecule has 0 aromatic heterocycles. The smallest absolute Gasteiger partial charge is 0.174 e. The SMILES string of the molecule is FC(F)F.F[SH+]c1ccccc1.c1ccc(-c2ccccc2)cc1. The number of hydrogen-bond donors (Lipinski definition) is 0. The Morgan fingerprint density at radius 1 is 0.542 bits per heavy atom. The lowest BCUT2D eigenvalue weighted by Gasteiger charge is -1.98. The molecular weight excluding hydrogens is 336 g/mol. The third-order valence-corrected chi connectivity index (χ3v) is 3.23. The molecule has 0 atom stereocenters. The largest absolute Gasteiger partial charge is 0.379 e. The Balaban J connectivity index is 0.000000208. The van der Waals surface area contributed by atoms with Crippen LogP contribution in [0, 0.1) is 0 Å². The summed E-state index contributed by atoms with van der Waals surface area (Å²) >= 11 is -0.151. The Morgan fingerprint density at radius 2 is 0.833 bits per heavy atom. The Labute approximate surface area is 143 Å². The van der Waals surface area contributed by atoms with E-state index < -0.39 is 6.68 Å². The van der Waals surface area contributed by atoms with Gasteiger partial charge in [-0.1, -0.05) is 78.9 Å². The lowest BCUT2D eigenvalue weighted by Crippen LogP contribution is -1.73. The van der Waals surface area contributed by atoms with Gasteiger partial charge in [-0.15, -0.1) is 0 Å². The van der Waals surface area contributed by atoms with E-state index >= 15 is 0 Å². The highest BCUT2D eigenvalue weighted by Gasteiger charge is 1.95. The van der Waals surface area contributed by atoms with Gasteiger partial charge in [0.2, 0.25) is 12.1 Å². The quantitative estimate of drug-likeness (QED) is 0.289. The van der Waals surface area contributed by atoms with E-state index in [1.165, 1.54) is 11.1 Å². The highest BCUT2D eigenvalue weighted by atomic mass is 32.2. The maximum absolute atomic E-state index is 11.7. The first kappa shape index (κ1) is 19.8. The summed E-state index contributed by atoms with van der Waals surface area (Å²) in [7, 11) is 0. The molecule has 0 saturated heterocycles. The second-order valence-corrected chi connectivity index (χ2v) is 5.08. The Bertz CT molecular complexity index is 606. The zero-order valence-electron chi connectivity index (χ0n) is 12.7. The second-order valence-electron chi connectivity index (χ2n) is 4.40. The molecule has 5 heteroatoms. The van der Waals surface area contributed by atoms with Crippen LogP contribution in [-0.4, -0.2) is 6.68 Å². The molecule has 0 aliphatic rings. The molecule has 0 nitrogen and oxygen atoms in total. The fourth-order valence-corrected chi connectivity index (χ4v) is 2.03. The maximum atomic E-state index is 11.7. The van der Waals surface area contributed by atoms with E-state index in [9.17, 15) is 17.1 Å². The third kappa shape index (κ3) is 9.00. The van der Waals surface area contributed by atoms with E-state index in [0.717, 1.165) is 0 Å². The van der Waals surface area contributed by atoms with Crippen LogP contribution >= 0.6 is 0 Å². The number of hydrogen-bond acceptors (Lipinski definition) is 0. The van der Waals surface area contributed by atoms with Crippen LogP contribution in [0.2, 0.25) is 0 Å². The minimum Gasteiger partial charge on any atom is -0.174 e. The lowest BCUT2D eigenvalue weighted by molar-refractivity contribution is 0.00819. The van der Waals surface area contributed by atoms with Crippen molar-refractivity contribution in [3.63, 3.8) is 0 Å². The first-order chi connectivity index (χ1) is 11.6. The van der Waals surface area contributed by atoms with Crippen molar-refractivity contribution in [3.8, 4) is 11.1 Å². The average Bonchev–Trinajstić information content (AvgIpc) is 2.64. The molecule has 0 aliphatic carbocycles. The molecule has 0 heterocycles. The van der Waals surface area contributed by atoms with Crippen LogP contribution in [0.3, 0.4) is 0 Å². The summed E-state index contributed by atoms with van der Waals surface area (Å²) < 4.78 is 40.7. The van der Waals surface area contributed by atoms with Crippen molar-refractivity contribution in [3.05, 3.63) is 91.0 Å². The Kier molecular flexibility index (Phi) is 10.0. The molecule has 3 aromatic rings. The number of halogens is 4. The molecule has 0 saturated carbocycles. The average molecular weight is 353 g/mol. The predicted molar refractivity (Wildman–Crippen MR) is 93.6 cm³/mol. The third-order valence-electron chi connectivity index (χ3n) is 2.73. The number of benzene rings is 3. The van der Waals surface area contributed by atoms with Gasteiger partial charge in [-0.2, -0.15) is 13.2 Å². The van der Waals surface area contributed by atoms with Gasteiger partial charge in [-0.25, -0.2) is 0 Å². The zero-order chi connectivity index (χ0) is 17.6. The molecule has 126 valence electrons. The molecule has 0 N–H and O–H groups in total. The van der Waals surface area contributed by atoms with Crippen LogP contribution in [0.5, 0.6) is 0 Å². The number of thiol groups is 1. The van der Waals surface area contributed by atoms with Crippen molar-refractivity contribution >= 4 is 12.1 Å². The van der Waals surface area contributed by atoms with Gasteiger partial charge in [-0.05, 0) is 23.3 Å². The van der Waals surface area contributed by atoms with Gasteiger partial charge >= 0.3 is 6.68 Å². The van der Waals surface area contributed by atoms with Gasteiger partial charge in [0.15, 0.2) is 4.90 Å². The normalized spacial score (nSPS) is 9.38. The van der Waals surface area contributed by atoms with Crippen molar-refractivity contribution in [2.45, 2.75) is 11.6 Å². The van der Waals surface area contributed by atoms with Crippen molar-refractivity contribution in [2.24, 2.45) is 0 Å². The van der Waals surface area contributed by atoms with E-state index in [4.69, 9.17) is 0 Å². The molecule has 0 unspecified atom stereocenters. The first-order valence-corrected chi connectivity index (χ1v) is 7.81. The summed E-state index contributed by atoms with van der Waals surface area (Å²) in [6, 6.07) is 29.8. The van der Waals surface area contributed by atoms with Crippen LogP contribution in [0.4, 0.5) is 17.1 Å². The highest BCUT2D eigenvalue weighted by Crippen LogP contribution is 2.17. The molecule has 0 spiro atoms. The predicted octanol–water partition coefficient (Wildman–Crippen LogP) is 6.28. The summed E-state index contributed by atoms with van der Waals surface area (Å²) in [6.07, 6.45) is 0. The summed E-state index contributed by atoms with van der Waals surface area (Å²) in [5, 5.41) is 0. The van der Waals surface area contributed by atoms with E-state index in [1.807, 2.05) is 30.3 Å². The molecule has 24 heavy (non-hydrogen) atoms. The van der Waals surface area contributed by atoms with Crippen LogP contribution in [0.1, 0.15) is 0 Å². The van der Waals surface area contributed by atoms with E-state index in [0.29, 0.717) is 4.90 Å². The second kappa shape index (κ2) is 12.2. The van der Waals surface area contributed by atoms with Crippen LogP contribution in [0.15, 0.2) is 95.9 Å². The lowest BCUT2D eigenvalue weighted by atomic mass is 10.1.